The Morgan fingerprint density at radius 2 is 1.95 bits per heavy atom. The van der Waals surface area contributed by atoms with Gasteiger partial charge >= 0.3 is 0 Å². The zero-order valence-corrected chi connectivity index (χ0v) is 11.6. The minimum atomic E-state index is -0.607. The zero-order chi connectivity index (χ0) is 15.7. The highest BCUT2D eigenvalue weighted by Gasteiger charge is 2.20. The molecule has 5 nitrogen and oxygen atoms in total. The van der Waals surface area contributed by atoms with Gasteiger partial charge in [-0.15, -0.1) is 0 Å². The van der Waals surface area contributed by atoms with Crippen molar-refractivity contribution in [3.05, 3.63) is 69.0 Å². The summed E-state index contributed by atoms with van der Waals surface area (Å²) in [6.45, 7) is 1.55. The minimum absolute atomic E-state index is 0.0441. The molecular weight excluding hydrogens is 292 g/mol. The predicted molar refractivity (Wildman–Crippen MR) is 75.1 cm³/mol. The highest BCUT2D eigenvalue weighted by atomic mass is 19.1. The van der Waals surface area contributed by atoms with E-state index in [2.05, 4.69) is 4.98 Å². The molecule has 0 aliphatic carbocycles. The van der Waals surface area contributed by atoms with E-state index in [1.54, 1.807) is 0 Å². The van der Waals surface area contributed by atoms with Gasteiger partial charge in [0.2, 0.25) is 0 Å². The summed E-state index contributed by atoms with van der Waals surface area (Å²) in [6, 6.07) is 4.94. The van der Waals surface area contributed by atoms with Crippen molar-refractivity contribution in [3.8, 4) is 0 Å². The van der Waals surface area contributed by atoms with Crippen molar-refractivity contribution in [2.45, 2.75) is 19.5 Å². The van der Waals surface area contributed by atoms with Crippen molar-refractivity contribution in [2.75, 3.05) is 6.54 Å². The van der Waals surface area contributed by atoms with E-state index in [-0.39, 0.29) is 5.69 Å². The second-order valence-corrected chi connectivity index (χ2v) is 5.29. The molecule has 1 aliphatic rings. The lowest BCUT2D eigenvalue weighted by molar-refractivity contribution is -0.385. The number of hydrogen-bond acceptors (Lipinski definition) is 4. The Bertz CT molecular complexity index is 716. The maximum atomic E-state index is 13.2. The van der Waals surface area contributed by atoms with E-state index in [1.807, 2.05) is 4.90 Å². The average molecular weight is 305 g/mol. The largest absolute Gasteiger partial charge is 0.294 e. The van der Waals surface area contributed by atoms with Crippen LogP contribution in [0.5, 0.6) is 0 Å². The second-order valence-electron chi connectivity index (χ2n) is 5.29. The molecular formula is C15H13F2N3O2. The first kappa shape index (κ1) is 14.5. The lowest BCUT2D eigenvalue weighted by Crippen LogP contribution is -2.30. The van der Waals surface area contributed by atoms with Crippen molar-refractivity contribution >= 4 is 5.69 Å². The smallest absolute Gasteiger partial charge is 0.287 e. The summed E-state index contributed by atoms with van der Waals surface area (Å²) in [4.78, 5) is 16.4. The van der Waals surface area contributed by atoms with Crippen LogP contribution in [0.4, 0.5) is 14.5 Å². The van der Waals surface area contributed by atoms with Gasteiger partial charge in [-0.1, -0.05) is 0 Å². The minimum Gasteiger partial charge on any atom is -0.294 e. The van der Waals surface area contributed by atoms with E-state index in [0.29, 0.717) is 31.6 Å². The second kappa shape index (κ2) is 5.76. The van der Waals surface area contributed by atoms with Crippen LogP contribution in [0.3, 0.4) is 0 Å². The highest BCUT2D eigenvalue weighted by molar-refractivity contribution is 5.35. The number of fused-ring (bicyclic) bond motifs is 1. The molecule has 2 aromatic rings. The third-order valence-electron chi connectivity index (χ3n) is 3.64. The molecule has 0 spiro atoms. The van der Waals surface area contributed by atoms with Gasteiger partial charge in [-0.3, -0.25) is 20.0 Å². The first-order valence-electron chi connectivity index (χ1n) is 6.81. The van der Waals surface area contributed by atoms with Gasteiger partial charge in [-0.05, 0) is 23.3 Å². The van der Waals surface area contributed by atoms with E-state index in [4.69, 9.17) is 0 Å². The molecule has 0 atom stereocenters. The van der Waals surface area contributed by atoms with Gasteiger partial charge < -0.3 is 0 Å². The van der Waals surface area contributed by atoms with Crippen LogP contribution in [0.1, 0.15) is 16.8 Å². The fraction of sp³-hybridized carbons (Fsp3) is 0.267. The molecule has 114 valence electrons. The Morgan fingerprint density at radius 3 is 2.64 bits per heavy atom. The molecule has 0 bridgehead atoms. The lowest BCUT2D eigenvalue weighted by atomic mass is 10.0. The van der Waals surface area contributed by atoms with Crippen LogP contribution in [0.2, 0.25) is 0 Å². The molecule has 0 fully saturated rings. The van der Waals surface area contributed by atoms with Gasteiger partial charge in [-0.25, -0.2) is 8.78 Å². The molecule has 1 aromatic heterocycles. The van der Waals surface area contributed by atoms with Crippen LogP contribution in [-0.4, -0.2) is 21.4 Å². The SMILES string of the molecule is O=[N+]([O-])c1cnc2c(c1)CN(Cc1cc(F)cc(F)c1)CC2. The summed E-state index contributed by atoms with van der Waals surface area (Å²) in [7, 11) is 0. The quantitative estimate of drug-likeness (QED) is 0.646. The van der Waals surface area contributed by atoms with Crippen molar-refractivity contribution in [1.82, 2.24) is 9.88 Å². The van der Waals surface area contributed by atoms with Gasteiger partial charge in [0, 0.05) is 43.9 Å². The maximum absolute atomic E-state index is 13.2. The van der Waals surface area contributed by atoms with Crippen molar-refractivity contribution < 1.29 is 13.7 Å². The van der Waals surface area contributed by atoms with Crippen LogP contribution < -0.4 is 0 Å². The van der Waals surface area contributed by atoms with Crippen LogP contribution >= 0.6 is 0 Å². The summed E-state index contributed by atoms with van der Waals surface area (Å²) in [5, 5.41) is 10.8. The monoisotopic (exact) mass is 305 g/mol. The summed E-state index contributed by atoms with van der Waals surface area (Å²) in [6.07, 6.45) is 1.92. The number of hydrogen-bond donors (Lipinski definition) is 0. The summed E-state index contributed by atoms with van der Waals surface area (Å²) in [5.41, 5.74) is 2.13. The number of benzene rings is 1. The van der Waals surface area contributed by atoms with Crippen molar-refractivity contribution in [3.63, 3.8) is 0 Å². The molecule has 1 aromatic carbocycles. The fourth-order valence-electron chi connectivity index (χ4n) is 2.67. The standard InChI is InChI=1S/C15H13F2N3O2/c16-12-3-10(4-13(17)6-12)8-19-2-1-15-11(9-19)5-14(7-18-15)20(21)22/h3-7H,1-2,8-9H2. The molecule has 22 heavy (non-hydrogen) atoms. The van der Waals surface area contributed by atoms with Gasteiger partial charge in [-0.2, -0.15) is 0 Å². The fourth-order valence-corrected chi connectivity index (χ4v) is 2.67. The first-order chi connectivity index (χ1) is 10.5. The van der Waals surface area contributed by atoms with Crippen LogP contribution in [0.25, 0.3) is 0 Å². The highest BCUT2D eigenvalue weighted by Crippen LogP contribution is 2.23. The number of aromatic nitrogens is 1. The molecule has 0 N–H and O–H groups in total. The van der Waals surface area contributed by atoms with E-state index < -0.39 is 16.6 Å². The lowest BCUT2D eigenvalue weighted by Gasteiger charge is -2.27. The van der Waals surface area contributed by atoms with Crippen LogP contribution in [0.15, 0.2) is 30.5 Å². The number of nitrogens with zero attached hydrogens (tertiary/aromatic N) is 3. The van der Waals surface area contributed by atoms with Gasteiger partial charge in [0.1, 0.15) is 17.8 Å². The third kappa shape index (κ3) is 3.09. The Labute approximate surface area is 125 Å². The number of pyridine rings is 1. The number of nitro groups is 1. The van der Waals surface area contributed by atoms with Crippen molar-refractivity contribution in [2.24, 2.45) is 0 Å². The van der Waals surface area contributed by atoms with E-state index in [1.165, 1.54) is 24.4 Å². The van der Waals surface area contributed by atoms with Gasteiger partial charge in [0.25, 0.3) is 5.69 Å². The molecule has 0 saturated heterocycles. The molecule has 0 amide bonds. The Kier molecular flexibility index (Phi) is 3.81. The van der Waals surface area contributed by atoms with Crippen molar-refractivity contribution in [1.29, 1.82) is 0 Å². The third-order valence-corrected chi connectivity index (χ3v) is 3.64. The topological polar surface area (TPSA) is 59.3 Å². The molecule has 7 heteroatoms. The summed E-state index contributed by atoms with van der Waals surface area (Å²) in [5.74, 6) is -1.21. The molecule has 2 heterocycles. The summed E-state index contributed by atoms with van der Waals surface area (Å²) >= 11 is 0. The molecule has 0 radical (unpaired) electrons. The molecule has 0 unspecified atom stereocenters. The Morgan fingerprint density at radius 1 is 1.23 bits per heavy atom. The number of halogens is 2. The van der Waals surface area contributed by atoms with E-state index in [9.17, 15) is 18.9 Å². The Hall–Kier alpha value is -2.41. The average Bonchev–Trinajstić information content (AvgIpc) is 2.45. The van der Waals surface area contributed by atoms with E-state index in [0.717, 1.165) is 17.3 Å². The van der Waals surface area contributed by atoms with Crippen LogP contribution in [0, 0.1) is 21.7 Å². The normalized spacial score (nSPS) is 14.6. The maximum Gasteiger partial charge on any atom is 0.287 e. The predicted octanol–water partition coefficient (Wildman–Crippen LogP) is 2.83. The Balaban J connectivity index is 1.78. The summed E-state index contributed by atoms with van der Waals surface area (Å²) < 4.78 is 26.4. The van der Waals surface area contributed by atoms with Gasteiger partial charge in [0.15, 0.2) is 0 Å². The van der Waals surface area contributed by atoms with Gasteiger partial charge in [0.05, 0.1) is 4.92 Å². The molecule has 0 saturated carbocycles. The number of rotatable bonds is 3. The first-order valence-corrected chi connectivity index (χ1v) is 6.81. The zero-order valence-electron chi connectivity index (χ0n) is 11.6. The molecule has 1 aliphatic heterocycles. The molecule has 3 rings (SSSR count). The van der Waals surface area contributed by atoms with E-state index >= 15 is 0 Å². The van der Waals surface area contributed by atoms with Crippen LogP contribution in [-0.2, 0) is 19.5 Å².